The Kier molecular flexibility index (Phi) is 2.35. The van der Waals surface area contributed by atoms with Crippen LogP contribution in [0, 0.1) is 18.6 Å². The Bertz CT molecular complexity index is 601. The summed E-state index contributed by atoms with van der Waals surface area (Å²) >= 11 is 5.57. The molecule has 0 bridgehead atoms. The van der Waals surface area contributed by atoms with Crippen LogP contribution in [-0.2, 0) is 0 Å². The third-order valence-electron chi connectivity index (χ3n) is 2.29. The molecular formula is C10H6ClF2NO2. The smallest absolute Gasteiger partial charge is 0.218 e. The van der Waals surface area contributed by atoms with Gasteiger partial charge in [0.25, 0.3) is 0 Å². The Morgan fingerprint density at radius 1 is 1.25 bits per heavy atom. The van der Waals surface area contributed by atoms with E-state index in [-0.39, 0.29) is 16.5 Å². The largest absolute Gasteiger partial charge is 0.507 e. The average Bonchev–Trinajstić information content (AvgIpc) is 2.22. The molecule has 1 heterocycles. The molecule has 2 aromatic rings. The Morgan fingerprint density at radius 3 is 2.50 bits per heavy atom. The summed E-state index contributed by atoms with van der Waals surface area (Å²) < 4.78 is 26.5. The SMILES string of the molecule is Cc1c(O)nc2c(Cl)c(F)cc(F)c2c1O. The third kappa shape index (κ3) is 1.36. The van der Waals surface area contributed by atoms with E-state index in [2.05, 4.69) is 4.98 Å². The lowest BCUT2D eigenvalue weighted by Crippen LogP contribution is -1.92. The molecule has 0 saturated heterocycles. The van der Waals surface area contributed by atoms with Gasteiger partial charge in [-0.1, -0.05) is 11.6 Å². The van der Waals surface area contributed by atoms with Crippen molar-refractivity contribution >= 4 is 22.5 Å². The Balaban J connectivity index is 3.07. The molecule has 2 N–H and O–H groups in total. The standard InChI is InChI=1S/C10H6ClF2NO2/c1-3-9(15)6-4(12)2-5(13)7(11)8(6)14-10(3)16/h2H,1H3,(H2,14,15,16). The summed E-state index contributed by atoms with van der Waals surface area (Å²) in [6, 6.07) is 0.558. The van der Waals surface area contributed by atoms with E-state index in [1.165, 1.54) is 6.92 Å². The van der Waals surface area contributed by atoms with Crippen molar-refractivity contribution in [2.75, 3.05) is 0 Å². The van der Waals surface area contributed by atoms with E-state index in [0.29, 0.717) is 6.07 Å². The zero-order valence-electron chi connectivity index (χ0n) is 8.05. The van der Waals surface area contributed by atoms with Gasteiger partial charge in [0.1, 0.15) is 27.9 Å². The van der Waals surface area contributed by atoms with Crippen molar-refractivity contribution in [2.24, 2.45) is 0 Å². The first-order valence-corrected chi connectivity index (χ1v) is 4.67. The molecule has 1 aromatic heterocycles. The van der Waals surface area contributed by atoms with Gasteiger partial charge in [-0.05, 0) is 6.92 Å². The fourth-order valence-electron chi connectivity index (χ4n) is 1.40. The summed E-state index contributed by atoms with van der Waals surface area (Å²) in [6.07, 6.45) is 0. The number of hydrogen-bond donors (Lipinski definition) is 2. The summed E-state index contributed by atoms with van der Waals surface area (Å²) in [7, 11) is 0. The zero-order valence-corrected chi connectivity index (χ0v) is 8.81. The van der Waals surface area contributed by atoms with Crippen LogP contribution in [-0.4, -0.2) is 15.2 Å². The van der Waals surface area contributed by atoms with E-state index >= 15 is 0 Å². The van der Waals surface area contributed by atoms with Gasteiger partial charge in [0.2, 0.25) is 5.88 Å². The number of aromatic nitrogens is 1. The summed E-state index contributed by atoms with van der Waals surface area (Å²) in [4.78, 5) is 3.54. The molecule has 16 heavy (non-hydrogen) atoms. The number of hydrogen-bond acceptors (Lipinski definition) is 3. The maximum absolute atomic E-state index is 13.4. The monoisotopic (exact) mass is 245 g/mol. The first kappa shape index (κ1) is 10.9. The fourth-order valence-corrected chi connectivity index (χ4v) is 1.59. The van der Waals surface area contributed by atoms with Crippen LogP contribution in [0.1, 0.15) is 5.56 Å². The van der Waals surface area contributed by atoms with Crippen molar-refractivity contribution in [1.82, 2.24) is 4.98 Å². The molecule has 0 fully saturated rings. The van der Waals surface area contributed by atoms with Gasteiger partial charge in [-0.2, -0.15) is 0 Å². The molecule has 0 atom stereocenters. The lowest BCUT2D eigenvalue weighted by Gasteiger charge is -2.08. The molecule has 2 rings (SSSR count). The van der Waals surface area contributed by atoms with E-state index in [9.17, 15) is 19.0 Å². The predicted octanol–water partition coefficient (Wildman–Crippen LogP) is 2.89. The van der Waals surface area contributed by atoms with Crippen LogP contribution in [0.25, 0.3) is 10.9 Å². The normalized spacial score (nSPS) is 11.0. The highest BCUT2D eigenvalue weighted by molar-refractivity contribution is 6.35. The van der Waals surface area contributed by atoms with Crippen LogP contribution in [0.4, 0.5) is 8.78 Å². The van der Waals surface area contributed by atoms with E-state index in [1.807, 2.05) is 0 Å². The molecule has 0 aliphatic rings. The van der Waals surface area contributed by atoms with E-state index in [0.717, 1.165) is 0 Å². The summed E-state index contributed by atoms with van der Waals surface area (Å²) in [5.41, 5.74) is -0.297. The molecule has 0 radical (unpaired) electrons. The molecule has 0 spiro atoms. The second-order valence-electron chi connectivity index (χ2n) is 3.29. The van der Waals surface area contributed by atoms with Crippen LogP contribution in [0.2, 0.25) is 5.02 Å². The molecule has 0 aliphatic carbocycles. The van der Waals surface area contributed by atoms with Gasteiger partial charge < -0.3 is 10.2 Å². The summed E-state index contributed by atoms with van der Waals surface area (Å²) in [5, 5.41) is 18.2. The quantitative estimate of drug-likeness (QED) is 0.702. The Morgan fingerprint density at radius 2 is 1.88 bits per heavy atom. The van der Waals surface area contributed by atoms with Gasteiger partial charge in [0.05, 0.1) is 10.9 Å². The lowest BCUT2D eigenvalue weighted by atomic mass is 10.1. The molecule has 0 saturated carbocycles. The molecule has 0 unspecified atom stereocenters. The number of aromatic hydroxyl groups is 2. The van der Waals surface area contributed by atoms with Gasteiger partial charge in [-0.3, -0.25) is 0 Å². The Hall–Kier alpha value is -1.62. The maximum atomic E-state index is 13.4. The van der Waals surface area contributed by atoms with Crippen LogP contribution in [0.3, 0.4) is 0 Å². The number of rotatable bonds is 0. The summed E-state index contributed by atoms with van der Waals surface area (Å²) in [6.45, 7) is 1.35. The highest BCUT2D eigenvalue weighted by atomic mass is 35.5. The second kappa shape index (κ2) is 3.45. The van der Waals surface area contributed by atoms with E-state index in [4.69, 9.17) is 11.6 Å². The van der Waals surface area contributed by atoms with Crippen LogP contribution >= 0.6 is 11.6 Å². The molecule has 6 heteroatoms. The van der Waals surface area contributed by atoms with Crippen molar-refractivity contribution in [1.29, 1.82) is 0 Å². The van der Waals surface area contributed by atoms with Crippen LogP contribution in [0.5, 0.6) is 11.6 Å². The number of pyridine rings is 1. The number of halogens is 3. The van der Waals surface area contributed by atoms with Gasteiger partial charge >= 0.3 is 0 Å². The molecule has 84 valence electrons. The molecule has 0 aliphatic heterocycles. The van der Waals surface area contributed by atoms with E-state index in [1.54, 1.807) is 0 Å². The average molecular weight is 246 g/mol. The minimum atomic E-state index is -0.998. The van der Waals surface area contributed by atoms with Crippen molar-refractivity contribution in [3.05, 3.63) is 28.3 Å². The van der Waals surface area contributed by atoms with Crippen molar-refractivity contribution < 1.29 is 19.0 Å². The molecule has 1 aromatic carbocycles. The lowest BCUT2D eigenvalue weighted by molar-refractivity contribution is 0.432. The van der Waals surface area contributed by atoms with Gasteiger partial charge in [0.15, 0.2) is 0 Å². The Labute approximate surface area is 93.9 Å². The van der Waals surface area contributed by atoms with Crippen molar-refractivity contribution in [2.45, 2.75) is 6.92 Å². The second-order valence-corrected chi connectivity index (χ2v) is 3.66. The minimum absolute atomic E-state index is 0.00840. The molecule has 3 nitrogen and oxygen atoms in total. The van der Waals surface area contributed by atoms with Gasteiger partial charge in [0, 0.05) is 6.07 Å². The number of benzene rings is 1. The number of fused-ring (bicyclic) bond motifs is 1. The summed E-state index contributed by atoms with van der Waals surface area (Å²) in [5.74, 6) is -2.99. The highest BCUT2D eigenvalue weighted by Crippen LogP contribution is 2.37. The molecule has 0 amide bonds. The van der Waals surface area contributed by atoms with Crippen LogP contribution in [0.15, 0.2) is 6.07 Å². The predicted molar refractivity (Wildman–Crippen MR) is 54.7 cm³/mol. The minimum Gasteiger partial charge on any atom is -0.507 e. The fraction of sp³-hybridized carbons (Fsp3) is 0.100. The highest BCUT2D eigenvalue weighted by Gasteiger charge is 2.19. The van der Waals surface area contributed by atoms with Crippen molar-refractivity contribution in [3.8, 4) is 11.6 Å². The van der Waals surface area contributed by atoms with Crippen LogP contribution < -0.4 is 0 Å². The molecular weight excluding hydrogens is 240 g/mol. The maximum Gasteiger partial charge on any atom is 0.218 e. The first-order chi connectivity index (χ1) is 7.43. The third-order valence-corrected chi connectivity index (χ3v) is 2.65. The first-order valence-electron chi connectivity index (χ1n) is 4.29. The zero-order chi connectivity index (χ0) is 12.0. The topological polar surface area (TPSA) is 53.4 Å². The van der Waals surface area contributed by atoms with E-state index < -0.39 is 28.3 Å². The van der Waals surface area contributed by atoms with Gasteiger partial charge in [-0.25, -0.2) is 13.8 Å². The van der Waals surface area contributed by atoms with Gasteiger partial charge in [-0.15, -0.1) is 0 Å². The number of nitrogens with zero attached hydrogens (tertiary/aromatic N) is 1. The van der Waals surface area contributed by atoms with Crippen molar-refractivity contribution in [3.63, 3.8) is 0 Å².